The number of sulfone groups is 2. The zero-order chi connectivity index (χ0) is 70.5. The second-order valence-electron chi connectivity index (χ2n) is 22.6. The normalized spacial score (nSPS) is 13.9. The van der Waals surface area contributed by atoms with Gasteiger partial charge < -0.3 is 29.0 Å². The van der Waals surface area contributed by atoms with E-state index in [1.807, 2.05) is 59.7 Å². The summed E-state index contributed by atoms with van der Waals surface area (Å²) in [5.41, 5.74) is 4.46. The summed E-state index contributed by atoms with van der Waals surface area (Å²) >= 11 is 16.6. The molecule has 0 unspecified atom stereocenters. The van der Waals surface area contributed by atoms with Crippen molar-refractivity contribution in [3.8, 4) is 67.9 Å². The Morgan fingerprint density at radius 1 is 0.552 bits per heavy atom. The first-order valence-corrected chi connectivity index (χ1v) is 33.6. The molecule has 2 N–H and O–H groups in total. The van der Waals surface area contributed by atoms with Gasteiger partial charge in [-0.3, -0.25) is 9.13 Å². The van der Waals surface area contributed by atoms with Crippen LogP contribution in [0.2, 0.25) is 10.3 Å². The number of aromatic nitrogens is 10. The maximum atomic E-state index is 15.0. The minimum atomic E-state index is -4.86. The average Bonchev–Trinajstić information content (AvgIpc) is 1.55. The van der Waals surface area contributed by atoms with E-state index >= 15 is 4.39 Å². The average molecular weight is 1480 g/mol. The summed E-state index contributed by atoms with van der Waals surface area (Å²) in [6, 6.07) is 25.9. The van der Waals surface area contributed by atoms with Crippen molar-refractivity contribution in [1.29, 1.82) is 0 Å². The zero-order valence-electron chi connectivity index (χ0n) is 52.1. The molecule has 34 heteroatoms. The lowest BCUT2D eigenvalue weighted by Gasteiger charge is -2.32. The molecule has 20 nitrogen and oxygen atoms in total. The fourth-order valence-electron chi connectivity index (χ4n) is 10.1. The van der Waals surface area contributed by atoms with Crippen molar-refractivity contribution >= 4 is 71.4 Å². The van der Waals surface area contributed by atoms with Crippen LogP contribution >= 0.6 is 39.1 Å². The van der Waals surface area contributed by atoms with E-state index in [9.17, 15) is 57.8 Å². The highest BCUT2D eigenvalue weighted by molar-refractivity contribution is 9.10. The third-order valence-electron chi connectivity index (χ3n) is 15.3. The molecule has 506 valence electrons. The predicted octanol–water partition coefficient (Wildman–Crippen LogP) is 13.1. The Balaban J connectivity index is 0.000000179. The molecule has 1 aliphatic heterocycles. The van der Waals surface area contributed by atoms with E-state index in [-0.39, 0.29) is 37.7 Å². The molecule has 0 amide bonds. The second-order valence-corrected chi connectivity index (χ2v) is 28.2. The van der Waals surface area contributed by atoms with Gasteiger partial charge in [0.2, 0.25) is 0 Å². The largest absolute Gasteiger partial charge is 0.573 e. The van der Waals surface area contributed by atoms with Gasteiger partial charge in [0, 0.05) is 39.2 Å². The van der Waals surface area contributed by atoms with Gasteiger partial charge in [0.1, 0.15) is 45.1 Å². The standard InChI is InChI=1S/C28H22ClF4N5O4S.C20H14BrClF3N5O.C14H20BFO5S/c1-15-27(29)37(16(2)35-15)23-9-6-18(19-10-22(30)21(14-39)26(12-19)43(3,40)41)11-24(23)38-25(13-34-36-38)17-4-7-20(8-5-17)42-28(31,32)33;1-11-19(22)29(12(2)27-11)16-8-5-14(21)9-17(16)30-18(10-26-28-30)13-3-6-15(7-4-13)31-20(23,24)25;1-13(2)14(3,4)21-15(20-13)9-6-11(16)10(8-17)12(7-9)22(5,18)19/h4-13,39H,14H2,1-3H3;3-10H,1-2H3;6-7,17H,8H2,1-5H3. The van der Waals surface area contributed by atoms with Gasteiger partial charge in [-0.2, -0.15) is 0 Å². The second kappa shape index (κ2) is 27.4. The van der Waals surface area contributed by atoms with E-state index in [0.717, 1.165) is 46.9 Å². The van der Waals surface area contributed by atoms with Gasteiger partial charge in [-0.15, -0.1) is 36.5 Å². The van der Waals surface area contributed by atoms with Crippen molar-refractivity contribution in [3.63, 3.8) is 0 Å². The summed E-state index contributed by atoms with van der Waals surface area (Å²) < 4.78 is 180. The van der Waals surface area contributed by atoms with E-state index < -0.39 is 81.3 Å². The number of alkyl halides is 6. The van der Waals surface area contributed by atoms with Crippen LogP contribution in [0.3, 0.4) is 0 Å². The molecule has 0 bridgehead atoms. The first-order valence-electron chi connectivity index (χ1n) is 28.2. The highest BCUT2D eigenvalue weighted by Crippen LogP contribution is 2.40. The Morgan fingerprint density at radius 3 is 1.34 bits per heavy atom. The number of aliphatic hydroxyl groups is 2. The first-order chi connectivity index (χ1) is 44.7. The summed E-state index contributed by atoms with van der Waals surface area (Å²) in [5, 5.41) is 36.0. The van der Waals surface area contributed by atoms with E-state index in [2.05, 4.69) is 56.0 Å². The number of hydrogen-bond acceptors (Lipinski definition) is 16. The Kier molecular flexibility index (Phi) is 20.6. The molecule has 4 aromatic heterocycles. The topological polar surface area (TPSA) is 243 Å². The first kappa shape index (κ1) is 72.2. The molecule has 0 aliphatic carbocycles. The van der Waals surface area contributed by atoms with Crippen molar-refractivity contribution in [2.24, 2.45) is 0 Å². The fraction of sp³-hybridized carbons (Fsp3) is 0.258. The van der Waals surface area contributed by atoms with Crippen molar-refractivity contribution in [1.82, 2.24) is 49.1 Å². The number of rotatable bonds is 14. The number of nitrogens with zero attached hydrogens (tertiary/aromatic N) is 10. The molecule has 0 spiro atoms. The quantitative estimate of drug-likeness (QED) is 0.0759. The van der Waals surface area contributed by atoms with Crippen molar-refractivity contribution in [3.05, 3.63) is 182 Å². The Hall–Kier alpha value is -8.08. The highest BCUT2D eigenvalue weighted by Gasteiger charge is 2.52. The lowest BCUT2D eigenvalue weighted by atomic mass is 9.78. The maximum absolute atomic E-state index is 15.0. The summed E-state index contributed by atoms with van der Waals surface area (Å²) in [5.74, 6) is -1.20. The summed E-state index contributed by atoms with van der Waals surface area (Å²) in [7, 11) is -8.46. The molecule has 10 aromatic rings. The van der Waals surface area contributed by atoms with Gasteiger partial charge in [-0.25, -0.2) is 44.9 Å². The van der Waals surface area contributed by atoms with Gasteiger partial charge in [-0.05, 0) is 175 Å². The number of aliphatic hydroxyl groups excluding tert-OH is 2. The zero-order valence-corrected chi connectivity index (χ0v) is 56.9. The van der Waals surface area contributed by atoms with E-state index in [1.54, 1.807) is 45.9 Å². The van der Waals surface area contributed by atoms with Crippen molar-refractivity contribution in [2.75, 3.05) is 12.5 Å². The van der Waals surface area contributed by atoms with E-state index in [0.29, 0.717) is 78.5 Å². The molecule has 1 aliphatic rings. The van der Waals surface area contributed by atoms with Crippen LogP contribution in [0.15, 0.2) is 136 Å². The lowest BCUT2D eigenvalue weighted by Crippen LogP contribution is -2.41. The van der Waals surface area contributed by atoms with E-state index in [1.165, 1.54) is 65.6 Å². The SMILES string of the molecule is CC1(C)OB(c2cc(F)c(CO)c(S(C)(=O)=O)c2)OC1(C)C.Cc1nc(C)n(-c2ccc(-c3cc(F)c(CO)c(S(C)(=O)=O)c3)cc2-n2nncc2-c2ccc(OC(F)(F)F)cc2)c1Cl.Cc1nc(C)n(-c2ccc(Br)cc2-n2nncc2-c2ccc(OC(F)(F)F)cc2)c1Cl. The molecule has 1 fully saturated rings. The summed E-state index contributed by atoms with van der Waals surface area (Å²) in [6.07, 6.45) is -4.80. The fourth-order valence-corrected chi connectivity index (χ4v) is 12.9. The smallest absolute Gasteiger partial charge is 0.406 e. The minimum absolute atomic E-state index is 0.197. The molecular weight excluding hydrogens is 1420 g/mol. The number of aryl methyl sites for hydroxylation is 4. The van der Waals surface area contributed by atoms with Crippen LogP contribution in [0.4, 0.5) is 35.1 Å². The molecule has 0 saturated carbocycles. The van der Waals surface area contributed by atoms with Gasteiger partial charge in [0.15, 0.2) is 19.7 Å². The molecule has 6 aromatic carbocycles. The Labute approximate surface area is 563 Å². The third kappa shape index (κ3) is 15.7. The third-order valence-corrected chi connectivity index (χ3v) is 19.0. The van der Waals surface area contributed by atoms with Gasteiger partial charge >= 0.3 is 19.8 Å². The molecule has 11 rings (SSSR count). The molecular formula is C62H56BBrCl2F8N10O10S2. The minimum Gasteiger partial charge on any atom is -0.406 e. The molecule has 0 atom stereocenters. The summed E-state index contributed by atoms with van der Waals surface area (Å²) in [6.45, 7) is 13.0. The monoisotopic (exact) mass is 1480 g/mol. The van der Waals surface area contributed by atoms with Crippen molar-refractivity contribution < 1.29 is 81.0 Å². The maximum Gasteiger partial charge on any atom is 0.573 e. The van der Waals surface area contributed by atoms with Crippen LogP contribution in [-0.2, 0) is 42.2 Å². The highest BCUT2D eigenvalue weighted by atomic mass is 79.9. The number of halogens is 11. The number of imidazole rings is 2. The van der Waals surface area contributed by atoms with Gasteiger partial charge in [-0.1, -0.05) is 55.6 Å². The number of ether oxygens (including phenoxy) is 2. The van der Waals surface area contributed by atoms with Crippen LogP contribution in [0.25, 0.3) is 56.4 Å². The van der Waals surface area contributed by atoms with Crippen LogP contribution in [0.1, 0.15) is 61.9 Å². The Morgan fingerprint density at radius 2 is 0.948 bits per heavy atom. The van der Waals surface area contributed by atoms with Crippen LogP contribution in [0, 0.1) is 39.3 Å². The molecule has 96 heavy (non-hydrogen) atoms. The predicted molar refractivity (Wildman–Crippen MR) is 343 cm³/mol. The number of hydrogen-bond donors (Lipinski definition) is 2. The van der Waals surface area contributed by atoms with Crippen molar-refractivity contribution in [2.45, 2.75) is 102 Å². The summed E-state index contributed by atoms with van der Waals surface area (Å²) in [4.78, 5) is 8.23. The molecule has 5 heterocycles. The Bertz CT molecular complexity index is 4810. The van der Waals surface area contributed by atoms with Crippen LogP contribution < -0.4 is 14.9 Å². The lowest BCUT2D eigenvalue weighted by molar-refractivity contribution is -0.275. The van der Waals surface area contributed by atoms with Gasteiger partial charge in [0.25, 0.3) is 0 Å². The molecule has 0 radical (unpaired) electrons. The van der Waals surface area contributed by atoms with Crippen LogP contribution in [-0.4, -0.2) is 120 Å². The van der Waals surface area contributed by atoms with Gasteiger partial charge in [0.05, 0.1) is 92.1 Å². The van der Waals surface area contributed by atoms with E-state index in [4.69, 9.17) is 32.5 Å². The number of benzene rings is 6. The molecule has 1 saturated heterocycles. The van der Waals surface area contributed by atoms with Crippen LogP contribution in [0.5, 0.6) is 11.5 Å².